The Morgan fingerprint density at radius 2 is 1.76 bits per heavy atom. The van der Waals surface area contributed by atoms with E-state index < -0.39 is 0 Å². The molecule has 0 amide bonds. The van der Waals surface area contributed by atoms with Crippen LogP contribution in [-0.2, 0) is 0 Å². The van der Waals surface area contributed by atoms with Crippen molar-refractivity contribution in [3.8, 4) is 0 Å². The van der Waals surface area contributed by atoms with Crippen molar-refractivity contribution in [2.45, 2.75) is 32.6 Å². The van der Waals surface area contributed by atoms with Gasteiger partial charge in [-0.05, 0) is 35.2 Å². The second kappa shape index (κ2) is 6.24. The summed E-state index contributed by atoms with van der Waals surface area (Å²) in [4.78, 5) is 0. The van der Waals surface area contributed by atoms with E-state index >= 15 is 0 Å². The normalized spacial score (nSPS) is 11.4. The summed E-state index contributed by atoms with van der Waals surface area (Å²) < 4.78 is 0. The van der Waals surface area contributed by atoms with Crippen molar-refractivity contribution in [3.05, 3.63) is 54.1 Å². The molecule has 0 aliphatic rings. The first-order chi connectivity index (χ1) is 8.40. The molecule has 0 spiro atoms. The number of benzene rings is 2. The second-order valence-corrected chi connectivity index (χ2v) is 4.50. The molecule has 0 radical (unpaired) electrons. The van der Waals surface area contributed by atoms with Crippen LogP contribution in [0.1, 0.15) is 38.2 Å². The van der Waals surface area contributed by atoms with Crippen LogP contribution in [0.4, 0.5) is 0 Å². The van der Waals surface area contributed by atoms with Crippen LogP contribution in [0.25, 0.3) is 16.8 Å². The van der Waals surface area contributed by atoms with Crippen molar-refractivity contribution < 1.29 is 0 Å². The molecule has 2 rings (SSSR count). The van der Waals surface area contributed by atoms with Gasteiger partial charge in [-0.1, -0.05) is 68.3 Å². The molecule has 0 saturated heterocycles. The van der Waals surface area contributed by atoms with E-state index in [0.717, 1.165) is 0 Å². The predicted octanol–water partition coefficient (Wildman–Crippen LogP) is 5.43. The first-order valence-electron chi connectivity index (χ1n) is 6.55. The van der Waals surface area contributed by atoms with Crippen LogP contribution in [-0.4, -0.2) is 0 Å². The SMILES string of the molecule is CCCCCC=Cc1ccc2ccccc2c1. The highest BCUT2D eigenvalue weighted by Gasteiger charge is 1.92. The van der Waals surface area contributed by atoms with Crippen molar-refractivity contribution in [1.29, 1.82) is 0 Å². The zero-order chi connectivity index (χ0) is 11.9. The smallest absolute Gasteiger partial charge is 0.0178 e. The third kappa shape index (κ3) is 3.45. The molecule has 0 nitrogen and oxygen atoms in total. The number of allylic oxidation sites excluding steroid dienone is 1. The third-order valence-electron chi connectivity index (χ3n) is 3.06. The Labute approximate surface area is 104 Å². The van der Waals surface area contributed by atoms with Gasteiger partial charge in [0.15, 0.2) is 0 Å². The minimum atomic E-state index is 1.20. The van der Waals surface area contributed by atoms with Gasteiger partial charge in [-0.15, -0.1) is 0 Å². The van der Waals surface area contributed by atoms with E-state index in [9.17, 15) is 0 Å². The van der Waals surface area contributed by atoms with Crippen LogP contribution in [0.5, 0.6) is 0 Å². The molecule has 0 N–H and O–H groups in total. The topological polar surface area (TPSA) is 0 Å². The summed E-state index contributed by atoms with van der Waals surface area (Å²) >= 11 is 0. The highest BCUT2D eigenvalue weighted by atomic mass is 14.0. The highest BCUT2D eigenvalue weighted by Crippen LogP contribution is 2.16. The van der Waals surface area contributed by atoms with E-state index in [0.29, 0.717) is 0 Å². The summed E-state index contributed by atoms with van der Waals surface area (Å²) in [6.45, 7) is 2.24. The molecule has 0 fully saturated rings. The van der Waals surface area contributed by atoms with Crippen LogP contribution < -0.4 is 0 Å². The van der Waals surface area contributed by atoms with E-state index in [-0.39, 0.29) is 0 Å². The van der Waals surface area contributed by atoms with E-state index in [4.69, 9.17) is 0 Å². The van der Waals surface area contributed by atoms with Gasteiger partial charge in [0.2, 0.25) is 0 Å². The van der Waals surface area contributed by atoms with Gasteiger partial charge >= 0.3 is 0 Å². The number of unbranched alkanes of at least 4 members (excludes halogenated alkanes) is 3. The number of hydrogen-bond donors (Lipinski definition) is 0. The molecule has 0 unspecified atom stereocenters. The number of rotatable bonds is 5. The fraction of sp³-hybridized carbons (Fsp3) is 0.294. The second-order valence-electron chi connectivity index (χ2n) is 4.50. The molecule has 17 heavy (non-hydrogen) atoms. The van der Waals surface area contributed by atoms with Gasteiger partial charge < -0.3 is 0 Å². The molecule has 0 atom stereocenters. The zero-order valence-corrected chi connectivity index (χ0v) is 10.5. The van der Waals surface area contributed by atoms with E-state index in [1.165, 1.54) is 42.0 Å². The molecule has 0 saturated carbocycles. The molecular formula is C17H20. The molecule has 0 heteroatoms. The lowest BCUT2D eigenvalue weighted by Crippen LogP contribution is -1.75. The van der Waals surface area contributed by atoms with Gasteiger partial charge in [0.1, 0.15) is 0 Å². The molecule has 2 aromatic carbocycles. The largest absolute Gasteiger partial charge is 0.0839 e. The Hall–Kier alpha value is -1.56. The maximum absolute atomic E-state index is 2.29. The first kappa shape index (κ1) is 11.9. The molecule has 0 aromatic heterocycles. The van der Waals surface area contributed by atoms with Crippen LogP contribution in [0, 0.1) is 0 Å². The van der Waals surface area contributed by atoms with Crippen LogP contribution in [0.2, 0.25) is 0 Å². The van der Waals surface area contributed by atoms with Crippen molar-refractivity contribution in [3.63, 3.8) is 0 Å². The van der Waals surface area contributed by atoms with Crippen LogP contribution in [0.3, 0.4) is 0 Å². The Balaban J connectivity index is 2.04. The quantitative estimate of drug-likeness (QED) is 0.594. The Bertz CT molecular complexity index is 494. The molecule has 88 valence electrons. The van der Waals surface area contributed by atoms with Crippen molar-refractivity contribution in [2.24, 2.45) is 0 Å². The maximum Gasteiger partial charge on any atom is -0.0178 e. The van der Waals surface area contributed by atoms with E-state index in [1.807, 2.05) is 0 Å². The molecular weight excluding hydrogens is 204 g/mol. The standard InChI is InChI=1S/C17H20/c1-2-3-4-5-6-9-15-12-13-16-10-7-8-11-17(16)14-15/h6-14H,2-5H2,1H3. The van der Waals surface area contributed by atoms with Gasteiger partial charge in [-0.3, -0.25) is 0 Å². The summed E-state index contributed by atoms with van der Waals surface area (Å²) in [7, 11) is 0. The monoisotopic (exact) mass is 224 g/mol. The fourth-order valence-corrected chi connectivity index (χ4v) is 2.04. The van der Waals surface area contributed by atoms with E-state index in [2.05, 4.69) is 61.5 Å². The molecule has 0 aliphatic heterocycles. The number of fused-ring (bicyclic) bond motifs is 1. The molecule has 0 heterocycles. The average Bonchev–Trinajstić information content (AvgIpc) is 2.38. The zero-order valence-electron chi connectivity index (χ0n) is 10.5. The van der Waals surface area contributed by atoms with Gasteiger partial charge in [-0.2, -0.15) is 0 Å². The van der Waals surface area contributed by atoms with Gasteiger partial charge in [0.25, 0.3) is 0 Å². The van der Waals surface area contributed by atoms with E-state index in [1.54, 1.807) is 0 Å². The lowest BCUT2D eigenvalue weighted by atomic mass is 10.1. The summed E-state index contributed by atoms with van der Waals surface area (Å²) in [6, 6.07) is 15.2. The summed E-state index contributed by atoms with van der Waals surface area (Å²) in [5, 5.41) is 2.64. The van der Waals surface area contributed by atoms with Crippen LogP contribution in [0.15, 0.2) is 48.5 Å². The maximum atomic E-state index is 2.29. The van der Waals surface area contributed by atoms with Gasteiger partial charge in [0.05, 0.1) is 0 Å². The third-order valence-corrected chi connectivity index (χ3v) is 3.06. The van der Waals surface area contributed by atoms with Crippen molar-refractivity contribution >= 4 is 16.8 Å². The first-order valence-corrected chi connectivity index (χ1v) is 6.55. The average molecular weight is 224 g/mol. The number of hydrogen-bond acceptors (Lipinski definition) is 0. The lowest BCUT2D eigenvalue weighted by molar-refractivity contribution is 0.730. The lowest BCUT2D eigenvalue weighted by Gasteiger charge is -1.99. The van der Waals surface area contributed by atoms with Gasteiger partial charge in [0, 0.05) is 0 Å². The molecule has 0 bridgehead atoms. The van der Waals surface area contributed by atoms with Crippen molar-refractivity contribution in [2.75, 3.05) is 0 Å². The minimum Gasteiger partial charge on any atom is -0.0839 e. The summed E-state index contributed by atoms with van der Waals surface area (Å²) in [5.74, 6) is 0. The Morgan fingerprint density at radius 1 is 0.941 bits per heavy atom. The fourth-order valence-electron chi connectivity index (χ4n) is 2.04. The van der Waals surface area contributed by atoms with Crippen molar-refractivity contribution in [1.82, 2.24) is 0 Å². The minimum absolute atomic E-state index is 1.20. The highest BCUT2D eigenvalue weighted by molar-refractivity contribution is 5.84. The predicted molar refractivity (Wildman–Crippen MR) is 77.1 cm³/mol. The molecule has 0 aliphatic carbocycles. The van der Waals surface area contributed by atoms with Crippen LogP contribution >= 0.6 is 0 Å². The molecule has 2 aromatic rings. The van der Waals surface area contributed by atoms with Gasteiger partial charge in [-0.25, -0.2) is 0 Å². The summed E-state index contributed by atoms with van der Waals surface area (Å²) in [6.07, 6.45) is 9.66. The summed E-state index contributed by atoms with van der Waals surface area (Å²) in [5.41, 5.74) is 1.31. The Morgan fingerprint density at radius 3 is 2.59 bits per heavy atom. The Kier molecular flexibility index (Phi) is 4.37.